The van der Waals surface area contributed by atoms with Crippen LogP contribution in [-0.2, 0) is 6.54 Å². The summed E-state index contributed by atoms with van der Waals surface area (Å²) < 4.78 is 2.07. The monoisotopic (exact) mass is 399 g/mol. The number of nitrogens with two attached hydrogens (primary N) is 1. The first kappa shape index (κ1) is 16.1. The van der Waals surface area contributed by atoms with Crippen LogP contribution in [0, 0.1) is 12.8 Å². The summed E-state index contributed by atoms with van der Waals surface area (Å²) in [6, 6.07) is 6.08. The van der Waals surface area contributed by atoms with Gasteiger partial charge in [-0.15, -0.1) is 24.0 Å². The maximum absolute atomic E-state index is 5.88. The van der Waals surface area contributed by atoms with Crippen molar-refractivity contribution in [3.63, 3.8) is 0 Å². The van der Waals surface area contributed by atoms with E-state index in [0.29, 0.717) is 12.5 Å². The smallest absolute Gasteiger partial charge is 0.188 e. The minimum absolute atomic E-state index is 0. The molecular formula is C15H22IN5. The highest BCUT2D eigenvalue weighted by atomic mass is 127. The average molecular weight is 399 g/mol. The minimum Gasteiger partial charge on any atom is -0.370 e. The van der Waals surface area contributed by atoms with Crippen molar-refractivity contribution in [2.45, 2.75) is 32.7 Å². The summed E-state index contributed by atoms with van der Waals surface area (Å²) >= 11 is 0. The maximum Gasteiger partial charge on any atom is 0.188 e. The highest BCUT2D eigenvalue weighted by molar-refractivity contribution is 14.0. The molecule has 3 rings (SSSR count). The Morgan fingerprint density at radius 1 is 1.48 bits per heavy atom. The highest BCUT2D eigenvalue weighted by Crippen LogP contribution is 2.24. The van der Waals surface area contributed by atoms with Crippen molar-refractivity contribution >= 4 is 35.6 Å². The quantitative estimate of drug-likeness (QED) is 0.472. The molecule has 2 aromatic rings. The number of nitrogens with zero attached hydrogens (tertiary/aromatic N) is 3. The molecule has 0 bridgehead atoms. The van der Waals surface area contributed by atoms with Gasteiger partial charge < -0.3 is 15.5 Å². The second-order valence-electron chi connectivity index (χ2n) is 5.51. The molecule has 0 amide bonds. The van der Waals surface area contributed by atoms with E-state index < -0.39 is 0 Å². The number of halogens is 1. The van der Waals surface area contributed by atoms with Crippen LogP contribution >= 0.6 is 24.0 Å². The Labute approximate surface area is 142 Å². The molecule has 114 valence electrons. The Kier molecular flexibility index (Phi) is 5.44. The van der Waals surface area contributed by atoms with Gasteiger partial charge in [0, 0.05) is 18.4 Å². The molecule has 0 saturated heterocycles. The predicted molar refractivity (Wildman–Crippen MR) is 96.0 cm³/mol. The van der Waals surface area contributed by atoms with E-state index in [4.69, 9.17) is 5.73 Å². The number of fused-ring (bicyclic) bond motifs is 1. The minimum atomic E-state index is 0. The van der Waals surface area contributed by atoms with E-state index in [9.17, 15) is 0 Å². The van der Waals surface area contributed by atoms with Crippen molar-refractivity contribution in [3.8, 4) is 0 Å². The van der Waals surface area contributed by atoms with Crippen molar-refractivity contribution in [2.75, 3.05) is 6.54 Å². The van der Waals surface area contributed by atoms with Crippen molar-refractivity contribution in [2.24, 2.45) is 16.6 Å². The van der Waals surface area contributed by atoms with Crippen LogP contribution in [0.15, 0.2) is 29.4 Å². The summed E-state index contributed by atoms with van der Waals surface area (Å²) in [6.07, 6.45) is 6.00. The summed E-state index contributed by atoms with van der Waals surface area (Å²) in [5, 5.41) is 3.19. The van der Waals surface area contributed by atoms with Crippen LogP contribution in [0.25, 0.3) is 5.65 Å². The molecule has 0 radical (unpaired) electrons. The Morgan fingerprint density at radius 2 is 2.29 bits per heavy atom. The average Bonchev–Trinajstić information content (AvgIpc) is 2.79. The first-order chi connectivity index (χ1) is 9.72. The molecule has 0 unspecified atom stereocenters. The number of imidazole rings is 1. The van der Waals surface area contributed by atoms with E-state index in [1.165, 1.54) is 25.0 Å². The SMILES string of the molecule is Cc1cccc2nc(CN=C(N)NCC3CCC3)cn12.I. The number of hydrogen-bond donors (Lipinski definition) is 2. The fourth-order valence-electron chi connectivity index (χ4n) is 2.44. The lowest BCUT2D eigenvalue weighted by Crippen LogP contribution is -2.37. The second-order valence-corrected chi connectivity index (χ2v) is 5.51. The predicted octanol–water partition coefficient (Wildman–Crippen LogP) is 2.47. The topological polar surface area (TPSA) is 67.7 Å². The number of hydrogen-bond acceptors (Lipinski definition) is 2. The van der Waals surface area contributed by atoms with E-state index in [2.05, 4.69) is 32.7 Å². The lowest BCUT2D eigenvalue weighted by atomic mass is 9.85. The largest absolute Gasteiger partial charge is 0.370 e. The van der Waals surface area contributed by atoms with Gasteiger partial charge in [-0.05, 0) is 37.8 Å². The number of guanidine groups is 1. The van der Waals surface area contributed by atoms with Gasteiger partial charge in [0.2, 0.25) is 0 Å². The van der Waals surface area contributed by atoms with Crippen LogP contribution < -0.4 is 11.1 Å². The van der Waals surface area contributed by atoms with E-state index in [-0.39, 0.29) is 24.0 Å². The zero-order valence-electron chi connectivity index (χ0n) is 12.2. The Bertz CT molecular complexity index is 630. The van der Waals surface area contributed by atoms with Gasteiger partial charge in [-0.1, -0.05) is 12.5 Å². The molecule has 1 aliphatic carbocycles. The molecule has 2 aromatic heterocycles. The van der Waals surface area contributed by atoms with Crippen molar-refractivity contribution < 1.29 is 0 Å². The van der Waals surface area contributed by atoms with Gasteiger partial charge in [0.25, 0.3) is 0 Å². The molecule has 0 spiro atoms. The molecule has 5 nitrogen and oxygen atoms in total. The zero-order chi connectivity index (χ0) is 13.9. The number of rotatable bonds is 4. The number of pyridine rings is 1. The molecule has 0 aromatic carbocycles. The highest BCUT2D eigenvalue weighted by Gasteiger charge is 2.16. The van der Waals surface area contributed by atoms with E-state index >= 15 is 0 Å². The van der Waals surface area contributed by atoms with E-state index in [1.54, 1.807) is 0 Å². The number of nitrogens with one attached hydrogen (secondary N) is 1. The van der Waals surface area contributed by atoms with Crippen molar-refractivity contribution in [3.05, 3.63) is 35.8 Å². The molecule has 1 fully saturated rings. The van der Waals surface area contributed by atoms with Gasteiger partial charge in [0.05, 0.1) is 12.2 Å². The van der Waals surface area contributed by atoms with E-state index in [0.717, 1.165) is 23.8 Å². The number of aryl methyl sites for hydroxylation is 1. The Morgan fingerprint density at radius 3 is 2.95 bits per heavy atom. The Hall–Kier alpha value is -1.31. The maximum atomic E-state index is 5.88. The van der Waals surface area contributed by atoms with Crippen molar-refractivity contribution in [1.82, 2.24) is 14.7 Å². The standard InChI is InChI=1S/C15H21N5.HI/c1-11-4-2-7-14-19-13(10-20(11)14)9-18-15(16)17-8-12-5-3-6-12;/h2,4,7,10,12H,3,5-6,8-9H2,1H3,(H3,16,17,18);1H. The summed E-state index contributed by atoms with van der Waals surface area (Å²) in [6.45, 7) is 3.53. The van der Waals surface area contributed by atoms with Gasteiger partial charge in [0.1, 0.15) is 5.65 Å². The molecule has 1 saturated carbocycles. The summed E-state index contributed by atoms with van der Waals surface area (Å²) in [7, 11) is 0. The van der Waals surface area contributed by atoms with Gasteiger partial charge in [-0.2, -0.15) is 0 Å². The molecule has 2 heterocycles. The first-order valence-electron chi connectivity index (χ1n) is 7.20. The summed E-state index contributed by atoms with van der Waals surface area (Å²) in [5.41, 5.74) is 8.94. The second kappa shape index (κ2) is 7.11. The van der Waals surface area contributed by atoms with Gasteiger partial charge in [0.15, 0.2) is 5.96 Å². The van der Waals surface area contributed by atoms with Crippen LogP contribution in [0.4, 0.5) is 0 Å². The normalized spacial score (nSPS) is 15.6. The molecule has 21 heavy (non-hydrogen) atoms. The number of aromatic nitrogens is 2. The molecular weight excluding hydrogens is 377 g/mol. The van der Waals surface area contributed by atoms with Crippen LogP contribution in [-0.4, -0.2) is 21.9 Å². The summed E-state index contributed by atoms with van der Waals surface area (Å²) in [4.78, 5) is 8.90. The third-order valence-electron chi connectivity index (χ3n) is 3.95. The number of aliphatic imine (C=N–C) groups is 1. The molecule has 0 atom stereocenters. The van der Waals surface area contributed by atoms with E-state index in [1.807, 2.05) is 18.3 Å². The third-order valence-corrected chi connectivity index (χ3v) is 3.95. The Balaban J connectivity index is 0.00000161. The van der Waals surface area contributed by atoms with Crippen LogP contribution in [0.2, 0.25) is 0 Å². The van der Waals surface area contributed by atoms with Crippen LogP contribution in [0.3, 0.4) is 0 Å². The van der Waals surface area contributed by atoms with Crippen molar-refractivity contribution in [1.29, 1.82) is 0 Å². The van der Waals surface area contributed by atoms with Gasteiger partial charge in [-0.25, -0.2) is 9.98 Å². The van der Waals surface area contributed by atoms with Crippen LogP contribution in [0.1, 0.15) is 30.7 Å². The molecule has 1 aliphatic rings. The third kappa shape index (κ3) is 3.87. The van der Waals surface area contributed by atoms with Gasteiger partial charge in [-0.3, -0.25) is 0 Å². The fraction of sp³-hybridized carbons (Fsp3) is 0.467. The summed E-state index contributed by atoms with van der Waals surface area (Å²) in [5.74, 6) is 1.30. The molecule has 6 heteroatoms. The van der Waals surface area contributed by atoms with Gasteiger partial charge >= 0.3 is 0 Å². The molecule has 3 N–H and O–H groups in total. The molecule has 0 aliphatic heterocycles. The first-order valence-corrected chi connectivity index (χ1v) is 7.20. The van der Waals surface area contributed by atoms with Crippen LogP contribution in [0.5, 0.6) is 0 Å². The fourth-order valence-corrected chi connectivity index (χ4v) is 2.44. The lowest BCUT2D eigenvalue weighted by molar-refractivity contribution is 0.315. The lowest BCUT2D eigenvalue weighted by Gasteiger charge is -2.25. The zero-order valence-corrected chi connectivity index (χ0v) is 14.6.